The van der Waals surface area contributed by atoms with E-state index in [0.29, 0.717) is 19.6 Å². The molecule has 0 spiro atoms. The number of nitro groups is 1. The summed E-state index contributed by atoms with van der Waals surface area (Å²) in [6.45, 7) is 4.81. The minimum absolute atomic E-state index is 0.0780. The van der Waals surface area contributed by atoms with E-state index >= 15 is 0 Å². The van der Waals surface area contributed by atoms with Gasteiger partial charge in [0.2, 0.25) is 15.9 Å². The monoisotopic (exact) mass is 384 g/mol. The van der Waals surface area contributed by atoms with Crippen LogP contribution in [-0.4, -0.2) is 49.7 Å². The number of carbonyl (C=O) groups excluding carboxylic acids is 1. The third-order valence-electron chi connectivity index (χ3n) is 4.24. The minimum atomic E-state index is -3.76. The van der Waals surface area contributed by atoms with Gasteiger partial charge >= 0.3 is 0 Å². The number of hydrogen-bond acceptors (Lipinski definition) is 6. The van der Waals surface area contributed by atoms with Crippen LogP contribution in [0.15, 0.2) is 23.1 Å². The van der Waals surface area contributed by atoms with Crippen LogP contribution in [0.5, 0.6) is 0 Å². The fourth-order valence-electron chi connectivity index (χ4n) is 2.92. The molecule has 1 fully saturated rings. The Morgan fingerprint density at radius 2 is 2.12 bits per heavy atom. The van der Waals surface area contributed by atoms with Crippen molar-refractivity contribution in [3.8, 4) is 0 Å². The highest BCUT2D eigenvalue weighted by Crippen LogP contribution is 2.30. The van der Waals surface area contributed by atoms with E-state index in [1.165, 1.54) is 23.4 Å². The highest BCUT2D eigenvalue weighted by atomic mass is 32.2. The normalized spacial score (nSPS) is 18.3. The number of sulfonamides is 1. The summed E-state index contributed by atoms with van der Waals surface area (Å²) in [4.78, 5) is 21.5. The number of hydrogen-bond donors (Lipinski definition) is 2. The summed E-state index contributed by atoms with van der Waals surface area (Å²) in [5.41, 5.74) is -0.0923. The molecule has 1 aliphatic rings. The zero-order valence-corrected chi connectivity index (χ0v) is 15.7. The summed E-state index contributed by atoms with van der Waals surface area (Å²) in [5, 5.41) is 16.8. The number of carbonyl (C=O) groups is 1. The van der Waals surface area contributed by atoms with Gasteiger partial charge in [0.25, 0.3) is 5.69 Å². The fourth-order valence-corrected chi connectivity index (χ4v) is 4.54. The topological polar surface area (TPSA) is 122 Å². The van der Waals surface area contributed by atoms with Crippen molar-refractivity contribution in [1.29, 1.82) is 0 Å². The van der Waals surface area contributed by atoms with Crippen molar-refractivity contribution >= 4 is 27.3 Å². The van der Waals surface area contributed by atoms with Crippen molar-refractivity contribution in [3.05, 3.63) is 28.3 Å². The zero-order valence-electron chi connectivity index (χ0n) is 14.9. The van der Waals surface area contributed by atoms with Crippen LogP contribution >= 0.6 is 0 Å². The van der Waals surface area contributed by atoms with Gasteiger partial charge in [0.15, 0.2) is 0 Å². The molecule has 0 bridgehead atoms. The first kappa shape index (κ1) is 20.1. The minimum Gasteiger partial charge on any atom is -0.378 e. The summed E-state index contributed by atoms with van der Waals surface area (Å²) in [6, 6.07) is 3.86. The van der Waals surface area contributed by atoms with Crippen molar-refractivity contribution in [3.63, 3.8) is 0 Å². The van der Waals surface area contributed by atoms with Crippen LogP contribution in [0.1, 0.15) is 26.7 Å². The Balaban J connectivity index is 2.21. The fraction of sp³-hybridized carbons (Fsp3) is 0.562. The Labute approximate surface area is 153 Å². The summed E-state index contributed by atoms with van der Waals surface area (Å²) < 4.78 is 27.0. The van der Waals surface area contributed by atoms with E-state index in [4.69, 9.17) is 0 Å². The average molecular weight is 384 g/mol. The molecule has 2 rings (SSSR count). The first-order chi connectivity index (χ1) is 12.2. The van der Waals surface area contributed by atoms with E-state index < -0.39 is 14.9 Å². The molecule has 1 saturated heterocycles. The largest absolute Gasteiger partial charge is 0.378 e. The predicted octanol–water partition coefficient (Wildman–Crippen LogP) is 1.56. The van der Waals surface area contributed by atoms with E-state index in [2.05, 4.69) is 10.6 Å². The molecule has 0 unspecified atom stereocenters. The van der Waals surface area contributed by atoms with Gasteiger partial charge in [0.1, 0.15) is 5.69 Å². The van der Waals surface area contributed by atoms with Gasteiger partial charge in [-0.2, -0.15) is 4.31 Å². The second-order valence-corrected chi connectivity index (χ2v) is 8.39. The Morgan fingerprint density at radius 3 is 2.73 bits per heavy atom. The highest BCUT2D eigenvalue weighted by Gasteiger charge is 2.30. The van der Waals surface area contributed by atoms with Crippen LogP contribution in [0.25, 0.3) is 0 Å². The predicted molar refractivity (Wildman–Crippen MR) is 97.4 cm³/mol. The highest BCUT2D eigenvalue weighted by molar-refractivity contribution is 7.89. The molecule has 1 aliphatic heterocycles. The van der Waals surface area contributed by atoms with Crippen molar-refractivity contribution in [2.75, 3.05) is 31.5 Å². The molecule has 10 heteroatoms. The molecule has 0 saturated carbocycles. The van der Waals surface area contributed by atoms with Crippen LogP contribution in [0.3, 0.4) is 0 Å². The van der Waals surface area contributed by atoms with Crippen molar-refractivity contribution in [1.82, 2.24) is 9.62 Å². The first-order valence-corrected chi connectivity index (χ1v) is 9.92. The second-order valence-electron chi connectivity index (χ2n) is 6.46. The number of rotatable bonds is 7. The van der Waals surface area contributed by atoms with Gasteiger partial charge < -0.3 is 10.6 Å². The lowest BCUT2D eigenvalue weighted by atomic mass is 10.0. The molecule has 0 radical (unpaired) electrons. The van der Waals surface area contributed by atoms with Crippen LogP contribution in [-0.2, 0) is 14.8 Å². The number of piperidine rings is 1. The van der Waals surface area contributed by atoms with Gasteiger partial charge in [0, 0.05) is 39.2 Å². The Bertz CT molecular complexity index is 781. The lowest BCUT2D eigenvalue weighted by Gasteiger charge is -2.30. The second kappa shape index (κ2) is 8.45. The molecule has 26 heavy (non-hydrogen) atoms. The Kier molecular flexibility index (Phi) is 6.54. The molecule has 1 aromatic rings. The SMILES string of the molecule is CC(=O)NCCNc1ccc(S(=O)(=O)N2CCC[C@@H](C)C2)cc1[N+](=O)[O-]. The summed E-state index contributed by atoms with van der Waals surface area (Å²) in [7, 11) is -3.76. The molecule has 1 heterocycles. The van der Waals surface area contributed by atoms with Gasteiger partial charge in [-0.15, -0.1) is 0 Å². The maximum atomic E-state index is 12.8. The van der Waals surface area contributed by atoms with Gasteiger partial charge in [-0.05, 0) is 30.9 Å². The number of anilines is 1. The lowest BCUT2D eigenvalue weighted by Crippen LogP contribution is -2.39. The summed E-state index contributed by atoms with van der Waals surface area (Å²) in [5.74, 6) is 0.0710. The smallest absolute Gasteiger partial charge is 0.293 e. The number of nitro benzene ring substituents is 1. The molecular weight excluding hydrogens is 360 g/mol. The van der Waals surface area contributed by atoms with Crippen molar-refractivity contribution in [2.45, 2.75) is 31.6 Å². The van der Waals surface area contributed by atoms with E-state index in [-0.39, 0.29) is 34.6 Å². The third kappa shape index (κ3) is 4.92. The lowest BCUT2D eigenvalue weighted by molar-refractivity contribution is -0.384. The van der Waals surface area contributed by atoms with Crippen LogP contribution in [0.2, 0.25) is 0 Å². The molecule has 0 aliphatic carbocycles. The molecule has 144 valence electrons. The molecule has 1 aromatic carbocycles. The molecule has 0 aromatic heterocycles. The van der Waals surface area contributed by atoms with Gasteiger partial charge in [-0.3, -0.25) is 14.9 Å². The van der Waals surface area contributed by atoms with Crippen molar-refractivity contribution in [2.24, 2.45) is 5.92 Å². The van der Waals surface area contributed by atoms with E-state index in [1.54, 1.807) is 0 Å². The number of nitrogens with one attached hydrogen (secondary N) is 2. The molecule has 9 nitrogen and oxygen atoms in total. The Hall–Kier alpha value is -2.20. The maximum Gasteiger partial charge on any atom is 0.293 e. The standard InChI is InChI=1S/C16H24N4O5S/c1-12-4-3-9-19(11-12)26(24,25)14-5-6-15(16(10-14)20(22)23)18-8-7-17-13(2)21/h5-6,10,12,18H,3-4,7-9,11H2,1-2H3,(H,17,21)/t12-/m1/s1. The Morgan fingerprint density at radius 1 is 1.38 bits per heavy atom. The number of amides is 1. The van der Waals surface area contributed by atoms with E-state index in [1.807, 2.05) is 6.92 Å². The number of benzene rings is 1. The molecule has 2 N–H and O–H groups in total. The molecular formula is C16H24N4O5S. The first-order valence-electron chi connectivity index (χ1n) is 8.48. The van der Waals surface area contributed by atoms with Gasteiger partial charge in [-0.1, -0.05) is 6.92 Å². The third-order valence-corrected chi connectivity index (χ3v) is 6.10. The van der Waals surface area contributed by atoms with Crippen LogP contribution in [0.4, 0.5) is 11.4 Å². The van der Waals surface area contributed by atoms with Crippen LogP contribution < -0.4 is 10.6 Å². The summed E-state index contributed by atoms with van der Waals surface area (Å²) in [6.07, 6.45) is 1.76. The van der Waals surface area contributed by atoms with Gasteiger partial charge in [-0.25, -0.2) is 8.42 Å². The molecule has 1 atom stereocenters. The molecule has 1 amide bonds. The van der Waals surface area contributed by atoms with E-state index in [0.717, 1.165) is 18.9 Å². The summed E-state index contributed by atoms with van der Waals surface area (Å²) >= 11 is 0. The average Bonchev–Trinajstić information content (AvgIpc) is 2.58. The van der Waals surface area contributed by atoms with Crippen LogP contribution in [0, 0.1) is 16.0 Å². The maximum absolute atomic E-state index is 12.8. The van der Waals surface area contributed by atoms with Crippen molar-refractivity contribution < 1.29 is 18.1 Å². The quantitative estimate of drug-likeness (QED) is 0.418. The zero-order chi connectivity index (χ0) is 19.3. The number of nitrogens with zero attached hydrogens (tertiary/aromatic N) is 2. The van der Waals surface area contributed by atoms with E-state index in [9.17, 15) is 23.3 Å². The van der Waals surface area contributed by atoms with Gasteiger partial charge in [0.05, 0.1) is 9.82 Å².